The standard InChI is InChI=1S/C15H28/c1-3-5-7-9-11-13-15-14-12-10-8-6-4-2/h3,8,10H,1,4-7,9,11-15H2,2H3/b10-8-. The van der Waals surface area contributed by atoms with Crippen LogP contribution in [0.1, 0.15) is 71.1 Å². The van der Waals surface area contributed by atoms with Crippen LogP contribution in [0.2, 0.25) is 0 Å². The van der Waals surface area contributed by atoms with Gasteiger partial charge >= 0.3 is 0 Å². The van der Waals surface area contributed by atoms with Crippen LogP contribution >= 0.6 is 0 Å². The van der Waals surface area contributed by atoms with E-state index in [0.29, 0.717) is 0 Å². The molecule has 0 amide bonds. The van der Waals surface area contributed by atoms with Gasteiger partial charge in [-0.3, -0.25) is 0 Å². The number of hydrogen-bond acceptors (Lipinski definition) is 0. The molecule has 0 saturated heterocycles. The third-order valence-corrected chi connectivity index (χ3v) is 2.65. The minimum Gasteiger partial charge on any atom is -0.103 e. The van der Waals surface area contributed by atoms with Crippen molar-refractivity contribution in [2.75, 3.05) is 0 Å². The van der Waals surface area contributed by atoms with Crippen molar-refractivity contribution in [1.29, 1.82) is 0 Å². The van der Waals surface area contributed by atoms with Gasteiger partial charge in [0.2, 0.25) is 0 Å². The second-order valence-electron chi connectivity index (χ2n) is 4.25. The van der Waals surface area contributed by atoms with Crippen LogP contribution in [0.5, 0.6) is 0 Å². The SMILES string of the molecule is C=CCCCCCCCC/C=C\CCC. The molecule has 0 atom stereocenters. The highest BCUT2D eigenvalue weighted by molar-refractivity contribution is 4.80. The van der Waals surface area contributed by atoms with Gasteiger partial charge in [0.25, 0.3) is 0 Å². The molecule has 0 unspecified atom stereocenters. The summed E-state index contributed by atoms with van der Waals surface area (Å²) < 4.78 is 0. The molecular formula is C15H28. The molecule has 0 heteroatoms. The summed E-state index contributed by atoms with van der Waals surface area (Å²) >= 11 is 0. The first-order valence-electron chi connectivity index (χ1n) is 6.67. The van der Waals surface area contributed by atoms with Gasteiger partial charge in [0.1, 0.15) is 0 Å². The fourth-order valence-corrected chi connectivity index (χ4v) is 1.66. The summed E-state index contributed by atoms with van der Waals surface area (Å²) in [6, 6.07) is 0. The molecule has 0 spiro atoms. The van der Waals surface area contributed by atoms with Crippen molar-refractivity contribution < 1.29 is 0 Å². The molecule has 0 aromatic heterocycles. The zero-order valence-corrected chi connectivity index (χ0v) is 10.5. The first kappa shape index (κ1) is 14.5. The van der Waals surface area contributed by atoms with Crippen molar-refractivity contribution in [1.82, 2.24) is 0 Å². The highest BCUT2D eigenvalue weighted by Gasteiger charge is 1.89. The second-order valence-corrected chi connectivity index (χ2v) is 4.25. The van der Waals surface area contributed by atoms with Gasteiger partial charge < -0.3 is 0 Å². The van der Waals surface area contributed by atoms with Crippen LogP contribution in [0.25, 0.3) is 0 Å². The molecule has 0 bridgehead atoms. The van der Waals surface area contributed by atoms with Gasteiger partial charge in [0, 0.05) is 0 Å². The zero-order chi connectivity index (χ0) is 11.2. The number of allylic oxidation sites excluding steroid dienone is 3. The van der Waals surface area contributed by atoms with E-state index in [9.17, 15) is 0 Å². The first-order chi connectivity index (χ1) is 7.41. The molecule has 0 aliphatic carbocycles. The third kappa shape index (κ3) is 13.5. The Morgan fingerprint density at radius 3 is 1.87 bits per heavy atom. The maximum Gasteiger partial charge on any atom is -0.0351 e. The summed E-state index contributed by atoms with van der Waals surface area (Å²) in [5.74, 6) is 0. The monoisotopic (exact) mass is 208 g/mol. The van der Waals surface area contributed by atoms with Crippen LogP contribution < -0.4 is 0 Å². The molecule has 0 N–H and O–H groups in total. The van der Waals surface area contributed by atoms with Gasteiger partial charge in [0.05, 0.1) is 0 Å². The maximum atomic E-state index is 3.74. The molecule has 0 aliphatic heterocycles. The predicted molar refractivity (Wildman–Crippen MR) is 71.2 cm³/mol. The highest BCUT2D eigenvalue weighted by atomic mass is 14.0. The predicted octanol–water partition coefficient (Wildman–Crippen LogP) is 5.65. The number of rotatable bonds is 11. The zero-order valence-electron chi connectivity index (χ0n) is 10.5. The number of unbranched alkanes of at least 4 members (excludes halogenated alkanes) is 8. The van der Waals surface area contributed by atoms with Crippen molar-refractivity contribution in [3.8, 4) is 0 Å². The van der Waals surface area contributed by atoms with E-state index >= 15 is 0 Å². The summed E-state index contributed by atoms with van der Waals surface area (Å²) in [7, 11) is 0. The lowest BCUT2D eigenvalue weighted by molar-refractivity contribution is 0.600. The lowest BCUT2D eigenvalue weighted by Crippen LogP contribution is -1.79. The van der Waals surface area contributed by atoms with Crippen molar-refractivity contribution >= 4 is 0 Å². The average molecular weight is 208 g/mol. The molecule has 0 rings (SSSR count). The van der Waals surface area contributed by atoms with Gasteiger partial charge in [-0.15, -0.1) is 6.58 Å². The fourth-order valence-electron chi connectivity index (χ4n) is 1.66. The molecule has 0 radical (unpaired) electrons. The molecule has 88 valence electrons. The number of hydrogen-bond donors (Lipinski definition) is 0. The van der Waals surface area contributed by atoms with Gasteiger partial charge in [-0.05, 0) is 32.1 Å². The minimum atomic E-state index is 1.19. The van der Waals surface area contributed by atoms with Crippen LogP contribution in [0.3, 0.4) is 0 Å². The van der Waals surface area contributed by atoms with Gasteiger partial charge in [-0.2, -0.15) is 0 Å². The van der Waals surface area contributed by atoms with Gasteiger partial charge in [0.15, 0.2) is 0 Å². The lowest BCUT2D eigenvalue weighted by Gasteiger charge is -1.98. The van der Waals surface area contributed by atoms with Crippen molar-refractivity contribution in [2.24, 2.45) is 0 Å². The minimum absolute atomic E-state index is 1.19. The smallest absolute Gasteiger partial charge is 0.0351 e. The Morgan fingerprint density at radius 2 is 1.27 bits per heavy atom. The van der Waals surface area contributed by atoms with E-state index in [-0.39, 0.29) is 0 Å². The molecule has 0 aromatic carbocycles. The van der Waals surface area contributed by atoms with E-state index in [1.165, 1.54) is 64.2 Å². The summed E-state index contributed by atoms with van der Waals surface area (Å²) in [5.41, 5.74) is 0. The first-order valence-corrected chi connectivity index (χ1v) is 6.67. The molecule has 0 heterocycles. The molecule has 15 heavy (non-hydrogen) atoms. The molecule has 0 nitrogen and oxygen atoms in total. The van der Waals surface area contributed by atoms with Crippen LogP contribution in [0.15, 0.2) is 24.8 Å². The Kier molecular flexibility index (Phi) is 13.0. The average Bonchev–Trinajstić information content (AvgIpc) is 2.26. The maximum absolute atomic E-state index is 3.74. The Hall–Kier alpha value is -0.520. The van der Waals surface area contributed by atoms with E-state index in [4.69, 9.17) is 0 Å². The Morgan fingerprint density at radius 1 is 0.733 bits per heavy atom. The van der Waals surface area contributed by atoms with E-state index in [1.807, 2.05) is 6.08 Å². The Labute approximate surface area is 96.5 Å². The topological polar surface area (TPSA) is 0 Å². The quantitative estimate of drug-likeness (QED) is 0.304. The van der Waals surface area contributed by atoms with E-state index in [2.05, 4.69) is 25.7 Å². The Balaban J connectivity index is 2.95. The van der Waals surface area contributed by atoms with Crippen molar-refractivity contribution in [3.05, 3.63) is 24.8 Å². The van der Waals surface area contributed by atoms with E-state index in [1.54, 1.807) is 0 Å². The summed E-state index contributed by atoms with van der Waals surface area (Å²) in [6.45, 7) is 5.97. The molecule has 0 fully saturated rings. The largest absolute Gasteiger partial charge is 0.103 e. The van der Waals surface area contributed by atoms with Crippen LogP contribution in [0, 0.1) is 0 Å². The normalized spacial score (nSPS) is 11.0. The highest BCUT2D eigenvalue weighted by Crippen LogP contribution is 2.09. The summed E-state index contributed by atoms with van der Waals surface area (Å²) in [4.78, 5) is 0. The Bertz CT molecular complexity index is 144. The van der Waals surface area contributed by atoms with E-state index < -0.39 is 0 Å². The summed E-state index contributed by atoms with van der Waals surface area (Å²) in [6.07, 6.45) is 20.0. The molecule has 0 aromatic rings. The molecule has 0 aliphatic rings. The molecular weight excluding hydrogens is 180 g/mol. The van der Waals surface area contributed by atoms with Crippen LogP contribution in [-0.4, -0.2) is 0 Å². The fraction of sp³-hybridized carbons (Fsp3) is 0.733. The van der Waals surface area contributed by atoms with E-state index in [0.717, 1.165) is 0 Å². The van der Waals surface area contributed by atoms with Crippen molar-refractivity contribution in [3.63, 3.8) is 0 Å². The second kappa shape index (κ2) is 13.5. The van der Waals surface area contributed by atoms with Crippen LogP contribution in [-0.2, 0) is 0 Å². The third-order valence-electron chi connectivity index (χ3n) is 2.65. The summed E-state index contributed by atoms with van der Waals surface area (Å²) in [5, 5.41) is 0. The molecule has 0 saturated carbocycles. The van der Waals surface area contributed by atoms with Gasteiger partial charge in [-0.25, -0.2) is 0 Å². The van der Waals surface area contributed by atoms with Crippen LogP contribution in [0.4, 0.5) is 0 Å². The van der Waals surface area contributed by atoms with Crippen molar-refractivity contribution in [2.45, 2.75) is 71.1 Å². The van der Waals surface area contributed by atoms with Gasteiger partial charge in [-0.1, -0.05) is 57.3 Å². The lowest BCUT2D eigenvalue weighted by atomic mass is 10.1.